The lowest BCUT2D eigenvalue weighted by Crippen LogP contribution is -2.42. The number of likely N-dealkylation sites (tertiary alicyclic amines) is 1. The average Bonchev–Trinajstić information content (AvgIpc) is 2.53. The van der Waals surface area contributed by atoms with Crippen molar-refractivity contribution in [3.63, 3.8) is 0 Å². The molecule has 120 valence electrons. The second-order valence-electron chi connectivity index (χ2n) is 5.89. The highest BCUT2D eigenvalue weighted by atomic mass is 19.1. The van der Waals surface area contributed by atoms with Crippen molar-refractivity contribution < 1.29 is 19.1 Å². The van der Waals surface area contributed by atoms with E-state index in [1.54, 1.807) is 24.0 Å². The van der Waals surface area contributed by atoms with Gasteiger partial charge in [-0.3, -0.25) is 14.6 Å². The fourth-order valence-corrected chi connectivity index (χ4v) is 2.99. The number of pyridine rings is 1. The molecule has 0 aliphatic carbocycles. The molecule has 0 bridgehead atoms. The van der Waals surface area contributed by atoms with Crippen LogP contribution in [0.1, 0.15) is 28.9 Å². The Morgan fingerprint density at radius 1 is 1.35 bits per heavy atom. The minimum absolute atomic E-state index is 0.216. The number of aliphatic carboxylic acids is 1. The number of nitrogens with zero attached hydrogens (tertiary/aromatic N) is 2. The first kappa shape index (κ1) is 15.4. The molecule has 0 radical (unpaired) electrons. The molecule has 23 heavy (non-hydrogen) atoms. The number of carbonyl (C=O) groups is 2. The molecule has 0 spiro atoms. The smallest absolute Gasteiger partial charge is 0.308 e. The van der Waals surface area contributed by atoms with Gasteiger partial charge in [-0.2, -0.15) is 0 Å². The molecule has 0 unspecified atom stereocenters. The molecular weight excluding hydrogens is 299 g/mol. The zero-order valence-electron chi connectivity index (χ0n) is 12.8. The van der Waals surface area contributed by atoms with Gasteiger partial charge in [0, 0.05) is 24.5 Å². The van der Waals surface area contributed by atoms with Gasteiger partial charge in [-0.05, 0) is 38.0 Å². The lowest BCUT2D eigenvalue weighted by Gasteiger charge is -2.31. The number of aromatic nitrogens is 1. The second-order valence-corrected chi connectivity index (χ2v) is 5.89. The highest BCUT2D eigenvalue weighted by Crippen LogP contribution is 2.22. The number of amides is 1. The SMILES string of the molecule is Cc1nc2cc(F)ccc2cc1C(=O)N1CCC[C@H](C(=O)O)C1. The van der Waals surface area contributed by atoms with Crippen LogP contribution in [0.4, 0.5) is 4.39 Å². The molecule has 1 aliphatic rings. The van der Waals surface area contributed by atoms with Gasteiger partial charge in [-0.1, -0.05) is 0 Å². The van der Waals surface area contributed by atoms with E-state index in [0.717, 1.165) is 0 Å². The van der Waals surface area contributed by atoms with E-state index in [1.807, 2.05) is 0 Å². The molecule has 1 saturated heterocycles. The molecule has 1 fully saturated rings. The molecule has 1 atom stereocenters. The summed E-state index contributed by atoms with van der Waals surface area (Å²) in [6.45, 7) is 2.47. The molecule has 1 aromatic heterocycles. The van der Waals surface area contributed by atoms with Crippen LogP contribution >= 0.6 is 0 Å². The van der Waals surface area contributed by atoms with Crippen molar-refractivity contribution in [1.29, 1.82) is 0 Å². The van der Waals surface area contributed by atoms with E-state index >= 15 is 0 Å². The third-order valence-corrected chi connectivity index (χ3v) is 4.26. The molecule has 5 nitrogen and oxygen atoms in total. The van der Waals surface area contributed by atoms with Crippen molar-refractivity contribution in [3.05, 3.63) is 41.3 Å². The van der Waals surface area contributed by atoms with E-state index in [4.69, 9.17) is 5.11 Å². The predicted octanol–water partition coefficient (Wildman–Crippen LogP) is 2.62. The maximum atomic E-state index is 13.3. The average molecular weight is 316 g/mol. The van der Waals surface area contributed by atoms with Crippen LogP contribution in [-0.4, -0.2) is 40.0 Å². The van der Waals surface area contributed by atoms with Gasteiger partial charge in [-0.25, -0.2) is 4.39 Å². The van der Waals surface area contributed by atoms with Gasteiger partial charge in [0.25, 0.3) is 5.91 Å². The largest absolute Gasteiger partial charge is 0.481 e. The van der Waals surface area contributed by atoms with Gasteiger partial charge < -0.3 is 10.0 Å². The summed E-state index contributed by atoms with van der Waals surface area (Å²) in [6.07, 6.45) is 1.27. The Morgan fingerprint density at radius 2 is 2.13 bits per heavy atom. The van der Waals surface area contributed by atoms with Crippen LogP contribution in [0.5, 0.6) is 0 Å². The van der Waals surface area contributed by atoms with E-state index in [9.17, 15) is 14.0 Å². The summed E-state index contributed by atoms with van der Waals surface area (Å²) in [4.78, 5) is 29.7. The minimum atomic E-state index is -0.869. The number of fused-ring (bicyclic) bond motifs is 1. The molecule has 1 N–H and O–H groups in total. The first-order chi connectivity index (χ1) is 11.0. The molecule has 2 heterocycles. The number of aryl methyl sites for hydroxylation is 1. The van der Waals surface area contributed by atoms with E-state index in [0.29, 0.717) is 41.5 Å². The zero-order valence-corrected chi connectivity index (χ0v) is 12.8. The number of hydrogen-bond acceptors (Lipinski definition) is 3. The van der Waals surface area contributed by atoms with Crippen LogP contribution in [0.3, 0.4) is 0 Å². The van der Waals surface area contributed by atoms with Gasteiger partial charge in [0.2, 0.25) is 0 Å². The summed E-state index contributed by atoms with van der Waals surface area (Å²) in [7, 11) is 0. The first-order valence-corrected chi connectivity index (χ1v) is 7.54. The van der Waals surface area contributed by atoms with Crippen molar-refractivity contribution in [3.8, 4) is 0 Å². The van der Waals surface area contributed by atoms with Crippen LogP contribution in [0, 0.1) is 18.7 Å². The first-order valence-electron chi connectivity index (χ1n) is 7.54. The fraction of sp³-hybridized carbons (Fsp3) is 0.353. The Labute approximate surface area is 132 Å². The number of halogens is 1. The Balaban J connectivity index is 1.92. The van der Waals surface area contributed by atoms with Crippen molar-refractivity contribution in [2.24, 2.45) is 5.92 Å². The molecule has 0 saturated carbocycles. The molecule has 1 aliphatic heterocycles. The maximum absolute atomic E-state index is 13.3. The Kier molecular flexibility index (Phi) is 3.98. The zero-order chi connectivity index (χ0) is 16.6. The molecule has 1 amide bonds. The topological polar surface area (TPSA) is 70.5 Å². The number of hydrogen-bond donors (Lipinski definition) is 1. The summed E-state index contributed by atoms with van der Waals surface area (Å²) in [5.74, 6) is -1.97. The number of carbonyl (C=O) groups excluding carboxylic acids is 1. The molecule has 1 aromatic carbocycles. The van der Waals surface area contributed by atoms with E-state index < -0.39 is 11.9 Å². The van der Waals surface area contributed by atoms with Crippen molar-refractivity contribution in [2.75, 3.05) is 13.1 Å². The Morgan fingerprint density at radius 3 is 2.87 bits per heavy atom. The van der Waals surface area contributed by atoms with Gasteiger partial charge in [0.05, 0.1) is 22.7 Å². The van der Waals surface area contributed by atoms with Crippen molar-refractivity contribution >= 4 is 22.8 Å². The van der Waals surface area contributed by atoms with E-state index in [2.05, 4.69) is 4.98 Å². The Hall–Kier alpha value is -2.50. The predicted molar refractivity (Wildman–Crippen MR) is 82.7 cm³/mol. The van der Waals surface area contributed by atoms with Crippen LogP contribution in [0.15, 0.2) is 24.3 Å². The van der Waals surface area contributed by atoms with Crippen LogP contribution < -0.4 is 0 Å². The monoisotopic (exact) mass is 316 g/mol. The highest BCUT2D eigenvalue weighted by Gasteiger charge is 2.29. The third kappa shape index (κ3) is 3.02. The standard InChI is InChI=1S/C17H17FN2O3/c1-10-14(7-11-4-5-13(18)8-15(11)19-10)16(21)20-6-2-3-12(9-20)17(22)23/h4-5,7-8,12H,2-3,6,9H2,1H3,(H,22,23)/t12-/m0/s1. The minimum Gasteiger partial charge on any atom is -0.481 e. The number of benzene rings is 1. The summed E-state index contributed by atoms with van der Waals surface area (Å²) >= 11 is 0. The normalized spacial score (nSPS) is 18.2. The number of carboxylic acids is 1. The maximum Gasteiger partial charge on any atom is 0.308 e. The number of rotatable bonds is 2. The molecular formula is C17H17FN2O3. The Bertz CT molecular complexity index is 791. The summed E-state index contributed by atoms with van der Waals surface area (Å²) in [6, 6.07) is 5.95. The van der Waals surface area contributed by atoms with Gasteiger partial charge in [0.1, 0.15) is 5.82 Å². The molecule has 6 heteroatoms. The van der Waals surface area contributed by atoms with E-state index in [-0.39, 0.29) is 18.3 Å². The highest BCUT2D eigenvalue weighted by molar-refractivity contribution is 5.98. The molecule has 3 rings (SSSR count). The van der Waals surface area contributed by atoms with Gasteiger partial charge in [0.15, 0.2) is 0 Å². The summed E-state index contributed by atoms with van der Waals surface area (Å²) in [5.41, 5.74) is 1.46. The van der Waals surface area contributed by atoms with Crippen molar-refractivity contribution in [2.45, 2.75) is 19.8 Å². The fourth-order valence-electron chi connectivity index (χ4n) is 2.99. The van der Waals surface area contributed by atoms with Crippen LogP contribution in [0.2, 0.25) is 0 Å². The summed E-state index contributed by atoms with van der Waals surface area (Å²) < 4.78 is 13.3. The van der Waals surface area contributed by atoms with Crippen LogP contribution in [-0.2, 0) is 4.79 Å². The quantitative estimate of drug-likeness (QED) is 0.924. The van der Waals surface area contributed by atoms with Crippen LogP contribution in [0.25, 0.3) is 10.9 Å². The number of carboxylic acid groups (broad SMARTS) is 1. The lowest BCUT2D eigenvalue weighted by atomic mass is 9.97. The van der Waals surface area contributed by atoms with Gasteiger partial charge >= 0.3 is 5.97 Å². The van der Waals surface area contributed by atoms with Gasteiger partial charge in [-0.15, -0.1) is 0 Å². The van der Waals surface area contributed by atoms with E-state index in [1.165, 1.54) is 12.1 Å². The third-order valence-electron chi connectivity index (χ3n) is 4.26. The second kappa shape index (κ2) is 5.95. The van der Waals surface area contributed by atoms with Crippen molar-refractivity contribution in [1.82, 2.24) is 9.88 Å². The molecule has 2 aromatic rings. The lowest BCUT2D eigenvalue weighted by molar-refractivity contribution is -0.143. The summed E-state index contributed by atoms with van der Waals surface area (Å²) in [5, 5.41) is 9.83. The number of piperidine rings is 1.